The second kappa shape index (κ2) is 12.8. The Bertz CT molecular complexity index is 2020. The number of allylic oxidation sites excluding steroid dienone is 1. The molecule has 0 unspecified atom stereocenters. The first-order valence-corrected chi connectivity index (χ1v) is 15.1. The number of fused-ring (bicyclic) bond motifs is 1. The highest BCUT2D eigenvalue weighted by atomic mass is 35.5. The fraction of sp³-hybridized carbons (Fsp3) is 0.114. The molecule has 9 heteroatoms. The molecule has 2 heterocycles. The number of para-hydroxylation sites is 1. The first-order chi connectivity index (χ1) is 21.4. The Morgan fingerprint density at radius 2 is 1.64 bits per heavy atom. The molecule has 7 nitrogen and oxygen atoms in total. The number of methoxy groups -OCH3 is 1. The molecule has 6 rings (SSSR count). The smallest absolute Gasteiger partial charge is 0.271 e. The Morgan fingerprint density at radius 1 is 0.955 bits per heavy atom. The average molecular weight is 622 g/mol. The van der Waals surface area contributed by atoms with Gasteiger partial charge in [0, 0.05) is 10.7 Å². The average Bonchev–Trinajstić information content (AvgIpc) is 3.35. The van der Waals surface area contributed by atoms with Gasteiger partial charge >= 0.3 is 0 Å². The van der Waals surface area contributed by atoms with Crippen LogP contribution in [0.3, 0.4) is 0 Å². The van der Waals surface area contributed by atoms with Gasteiger partial charge in [0.2, 0.25) is 0 Å². The third-order valence-corrected chi connectivity index (χ3v) is 8.46. The van der Waals surface area contributed by atoms with Gasteiger partial charge in [0.1, 0.15) is 18.1 Å². The number of nitrogens with one attached hydrogen (secondary N) is 1. The number of ether oxygens (including phenoxy) is 2. The molecule has 44 heavy (non-hydrogen) atoms. The summed E-state index contributed by atoms with van der Waals surface area (Å²) < 4.78 is 13.4. The number of carbonyl (C=O) groups is 1. The topological polar surface area (TPSA) is 81.9 Å². The lowest BCUT2D eigenvalue weighted by molar-refractivity contribution is -0.113. The van der Waals surface area contributed by atoms with Crippen LogP contribution < -0.4 is 29.7 Å². The minimum atomic E-state index is -0.674. The zero-order valence-electron chi connectivity index (χ0n) is 24.0. The normalized spacial score (nSPS) is 14.5. The molecule has 0 aliphatic carbocycles. The first kappa shape index (κ1) is 29.2. The van der Waals surface area contributed by atoms with Crippen LogP contribution in [0.1, 0.15) is 29.7 Å². The fourth-order valence-electron chi connectivity index (χ4n) is 4.99. The van der Waals surface area contributed by atoms with E-state index in [2.05, 4.69) is 5.32 Å². The summed E-state index contributed by atoms with van der Waals surface area (Å²) in [5, 5.41) is 3.65. The van der Waals surface area contributed by atoms with Crippen LogP contribution in [0.25, 0.3) is 6.08 Å². The summed E-state index contributed by atoms with van der Waals surface area (Å²) in [7, 11) is 1.60. The van der Waals surface area contributed by atoms with Crippen molar-refractivity contribution in [2.45, 2.75) is 19.6 Å². The zero-order chi connectivity index (χ0) is 30.6. The molecule has 0 saturated carbocycles. The molecule has 0 saturated heterocycles. The van der Waals surface area contributed by atoms with Crippen LogP contribution in [-0.4, -0.2) is 17.6 Å². The van der Waals surface area contributed by atoms with Gasteiger partial charge in [-0.1, -0.05) is 77.5 Å². The van der Waals surface area contributed by atoms with Crippen LogP contribution >= 0.6 is 22.9 Å². The number of hydrogen-bond donors (Lipinski definition) is 1. The summed E-state index contributed by atoms with van der Waals surface area (Å²) in [6, 6.07) is 31.0. The number of halogens is 1. The predicted octanol–water partition coefficient (Wildman–Crippen LogP) is 6.11. The van der Waals surface area contributed by atoms with Crippen LogP contribution in [0, 0.1) is 0 Å². The molecule has 0 bridgehead atoms. The number of benzene rings is 4. The third kappa shape index (κ3) is 6.22. The molecule has 1 amide bonds. The number of aromatic nitrogens is 1. The zero-order valence-corrected chi connectivity index (χ0v) is 25.6. The monoisotopic (exact) mass is 621 g/mol. The van der Waals surface area contributed by atoms with Gasteiger partial charge in [0.25, 0.3) is 11.5 Å². The van der Waals surface area contributed by atoms with Gasteiger partial charge in [-0.2, -0.15) is 0 Å². The van der Waals surface area contributed by atoms with Crippen LogP contribution in [-0.2, 0) is 11.4 Å². The molecule has 220 valence electrons. The maximum absolute atomic E-state index is 14.0. The van der Waals surface area contributed by atoms with Crippen molar-refractivity contribution in [3.63, 3.8) is 0 Å². The Labute approximate surface area is 263 Å². The van der Waals surface area contributed by atoms with Crippen LogP contribution in [0.4, 0.5) is 5.69 Å². The fourth-order valence-corrected chi connectivity index (χ4v) is 6.16. The predicted molar refractivity (Wildman–Crippen MR) is 174 cm³/mol. The van der Waals surface area contributed by atoms with E-state index in [1.54, 1.807) is 18.6 Å². The highest BCUT2D eigenvalue weighted by Gasteiger charge is 2.32. The van der Waals surface area contributed by atoms with E-state index in [0.29, 0.717) is 49.4 Å². The van der Waals surface area contributed by atoms with Gasteiger partial charge in [-0.25, -0.2) is 4.99 Å². The van der Waals surface area contributed by atoms with Crippen molar-refractivity contribution in [3.05, 3.63) is 156 Å². The molecule has 0 radical (unpaired) electrons. The van der Waals surface area contributed by atoms with Crippen molar-refractivity contribution in [2.24, 2.45) is 4.99 Å². The van der Waals surface area contributed by atoms with Gasteiger partial charge in [-0.15, -0.1) is 0 Å². The van der Waals surface area contributed by atoms with Gasteiger partial charge in [-0.3, -0.25) is 14.2 Å². The van der Waals surface area contributed by atoms with E-state index in [4.69, 9.17) is 26.1 Å². The van der Waals surface area contributed by atoms with Gasteiger partial charge in [-0.05, 0) is 78.2 Å². The lowest BCUT2D eigenvalue weighted by Crippen LogP contribution is -2.40. The standard InChI is InChI=1S/C35H28ClN3O4S/c1-22-31(33(40)38-27-6-4-3-5-7-27)32(25-12-18-28(42-2)19-13-25)39-34(41)30(44-35(39)37-22)20-23-10-16-29(17-11-23)43-21-24-8-14-26(36)15-9-24/h3-20,32H,21H2,1-2H3,(H,38,40)/b30-20+/t32-/m1/s1. The quantitative estimate of drug-likeness (QED) is 0.227. The van der Waals surface area contributed by atoms with Crippen molar-refractivity contribution < 1.29 is 14.3 Å². The van der Waals surface area contributed by atoms with E-state index >= 15 is 0 Å². The van der Waals surface area contributed by atoms with E-state index in [1.165, 1.54) is 11.3 Å². The second-order valence-electron chi connectivity index (χ2n) is 10.2. The maximum atomic E-state index is 14.0. The highest BCUT2D eigenvalue weighted by molar-refractivity contribution is 7.07. The molecular formula is C35H28ClN3O4S. The Balaban J connectivity index is 1.34. The van der Waals surface area contributed by atoms with Crippen molar-refractivity contribution in [3.8, 4) is 11.5 Å². The number of carbonyl (C=O) groups excluding carboxylic acids is 1. The van der Waals surface area contributed by atoms with Gasteiger partial charge in [0.15, 0.2) is 4.80 Å². The molecule has 0 spiro atoms. The van der Waals surface area contributed by atoms with Crippen molar-refractivity contribution in [2.75, 3.05) is 12.4 Å². The highest BCUT2D eigenvalue weighted by Crippen LogP contribution is 2.31. The van der Waals surface area contributed by atoms with E-state index in [0.717, 1.165) is 16.7 Å². The summed E-state index contributed by atoms with van der Waals surface area (Å²) in [6.07, 6.45) is 1.83. The number of hydrogen-bond acceptors (Lipinski definition) is 6. The third-order valence-electron chi connectivity index (χ3n) is 7.23. The van der Waals surface area contributed by atoms with Crippen LogP contribution in [0.5, 0.6) is 11.5 Å². The summed E-state index contributed by atoms with van der Waals surface area (Å²) in [6.45, 7) is 2.22. The van der Waals surface area contributed by atoms with Gasteiger partial charge < -0.3 is 14.8 Å². The summed E-state index contributed by atoms with van der Waals surface area (Å²) >= 11 is 7.26. The van der Waals surface area contributed by atoms with Crippen LogP contribution in [0.15, 0.2) is 124 Å². The van der Waals surface area contributed by atoms with Crippen molar-refractivity contribution in [1.82, 2.24) is 4.57 Å². The number of anilines is 1. The van der Waals surface area contributed by atoms with Crippen molar-refractivity contribution >= 4 is 40.6 Å². The molecule has 1 atom stereocenters. The lowest BCUT2D eigenvalue weighted by Gasteiger charge is -2.25. The molecular weight excluding hydrogens is 594 g/mol. The van der Waals surface area contributed by atoms with E-state index in [9.17, 15) is 9.59 Å². The van der Waals surface area contributed by atoms with E-state index < -0.39 is 6.04 Å². The lowest BCUT2D eigenvalue weighted by atomic mass is 9.95. The molecule has 0 fully saturated rings. The molecule has 5 aromatic rings. The molecule has 4 aromatic carbocycles. The SMILES string of the molecule is COc1ccc([C@@H]2C(C(=O)Nc3ccccc3)=C(C)N=c3s/c(=C/c4ccc(OCc5ccc(Cl)cc5)cc4)c(=O)n32)cc1. The molecule has 1 aromatic heterocycles. The number of amides is 1. The number of thiazole rings is 1. The van der Waals surface area contributed by atoms with Gasteiger partial charge in [0.05, 0.1) is 29.0 Å². The van der Waals surface area contributed by atoms with Crippen molar-refractivity contribution in [1.29, 1.82) is 0 Å². The largest absolute Gasteiger partial charge is 0.497 e. The Hall–Kier alpha value is -4.92. The Kier molecular flexibility index (Phi) is 8.45. The minimum Gasteiger partial charge on any atom is -0.497 e. The minimum absolute atomic E-state index is 0.227. The maximum Gasteiger partial charge on any atom is 0.271 e. The van der Waals surface area contributed by atoms with E-state index in [1.807, 2.05) is 109 Å². The first-order valence-electron chi connectivity index (χ1n) is 13.9. The summed E-state index contributed by atoms with van der Waals surface area (Å²) in [5.41, 5.74) is 4.01. The molecule has 1 aliphatic rings. The van der Waals surface area contributed by atoms with Crippen LogP contribution in [0.2, 0.25) is 5.02 Å². The molecule has 1 aliphatic heterocycles. The summed E-state index contributed by atoms with van der Waals surface area (Å²) in [4.78, 5) is 32.9. The summed E-state index contributed by atoms with van der Waals surface area (Å²) in [5.74, 6) is 1.07. The van der Waals surface area contributed by atoms with E-state index in [-0.39, 0.29) is 11.5 Å². The Morgan fingerprint density at radius 3 is 2.32 bits per heavy atom. The second-order valence-corrected chi connectivity index (χ2v) is 11.6. The number of rotatable bonds is 8. The number of nitrogens with zero attached hydrogens (tertiary/aromatic N) is 2. The molecule has 1 N–H and O–H groups in total.